The summed E-state index contributed by atoms with van der Waals surface area (Å²) in [7, 11) is 0. The third kappa shape index (κ3) is 5.69. The van der Waals surface area contributed by atoms with Crippen LogP contribution in [0.15, 0.2) is 24.3 Å². The second kappa shape index (κ2) is 8.90. The molecule has 0 amide bonds. The average molecular weight is 282 g/mol. The van der Waals surface area contributed by atoms with Gasteiger partial charge in [-0.2, -0.15) is 0 Å². The van der Waals surface area contributed by atoms with E-state index < -0.39 is 18.4 Å². The van der Waals surface area contributed by atoms with Crippen molar-refractivity contribution in [2.24, 2.45) is 0 Å². The fourth-order valence-electron chi connectivity index (χ4n) is 1.76. The number of carbonyl (C=O) groups excluding carboxylic acids is 3. The highest BCUT2D eigenvalue weighted by atomic mass is 16.8. The van der Waals surface area contributed by atoms with E-state index in [9.17, 15) is 14.4 Å². The van der Waals surface area contributed by atoms with Crippen LogP contribution in [0.4, 0.5) is 4.79 Å². The van der Waals surface area contributed by atoms with Crippen LogP contribution in [-0.2, 0) is 23.8 Å². The molecule has 1 aliphatic heterocycles. The van der Waals surface area contributed by atoms with Gasteiger partial charge in [-0.1, -0.05) is 12.2 Å². The van der Waals surface area contributed by atoms with Gasteiger partial charge in [-0.05, 0) is 31.9 Å². The van der Waals surface area contributed by atoms with Gasteiger partial charge in [0.1, 0.15) is 12.4 Å². The first-order chi connectivity index (χ1) is 9.67. The van der Waals surface area contributed by atoms with Gasteiger partial charge in [0.25, 0.3) is 0 Å². The van der Waals surface area contributed by atoms with Crippen molar-refractivity contribution in [2.75, 3.05) is 6.61 Å². The maximum absolute atomic E-state index is 11.2. The maximum Gasteiger partial charge on any atom is 0.509 e. The van der Waals surface area contributed by atoms with Crippen molar-refractivity contribution in [1.29, 1.82) is 0 Å². The number of esters is 1. The minimum absolute atomic E-state index is 0.265. The standard InChI is InChI=1S/C14H18O6/c1-2-18-13(16)9-6-8-12-11(19-14(17)20-12)7-4-3-5-10-15/h3-5,7,10-12H,2,6,8-9H2,1H3/b5-3+,7-4+/t11-,12+/m1/s1. The highest BCUT2D eigenvalue weighted by Crippen LogP contribution is 2.21. The van der Waals surface area contributed by atoms with Gasteiger partial charge in [0.15, 0.2) is 6.10 Å². The molecule has 0 radical (unpaired) electrons. The zero-order valence-electron chi connectivity index (χ0n) is 11.3. The second-order valence-electron chi connectivity index (χ2n) is 4.09. The van der Waals surface area contributed by atoms with E-state index in [2.05, 4.69) is 0 Å². The monoisotopic (exact) mass is 282 g/mol. The first-order valence-electron chi connectivity index (χ1n) is 6.49. The number of rotatable bonds is 8. The van der Waals surface area contributed by atoms with Crippen LogP contribution in [0.5, 0.6) is 0 Å². The summed E-state index contributed by atoms with van der Waals surface area (Å²) in [5.74, 6) is -0.265. The van der Waals surface area contributed by atoms with E-state index >= 15 is 0 Å². The Labute approximate surface area is 117 Å². The molecule has 6 nitrogen and oxygen atoms in total. The Morgan fingerprint density at radius 1 is 1.30 bits per heavy atom. The topological polar surface area (TPSA) is 78.9 Å². The molecule has 20 heavy (non-hydrogen) atoms. The molecular formula is C14H18O6. The summed E-state index contributed by atoms with van der Waals surface area (Å²) in [6.07, 6.45) is 6.46. The highest BCUT2D eigenvalue weighted by Gasteiger charge is 2.34. The molecule has 0 aromatic heterocycles. The molecule has 0 aromatic rings. The van der Waals surface area contributed by atoms with Crippen molar-refractivity contribution in [2.45, 2.75) is 38.4 Å². The zero-order chi connectivity index (χ0) is 14.8. The number of allylic oxidation sites excluding steroid dienone is 3. The van der Waals surface area contributed by atoms with E-state index in [1.807, 2.05) is 0 Å². The van der Waals surface area contributed by atoms with Crippen molar-refractivity contribution >= 4 is 18.4 Å². The number of ether oxygens (including phenoxy) is 3. The van der Waals surface area contributed by atoms with Crippen LogP contribution < -0.4 is 0 Å². The van der Waals surface area contributed by atoms with E-state index in [1.54, 1.807) is 19.1 Å². The first kappa shape index (κ1) is 15.9. The fourth-order valence-corrected chi connectivity index (χ4v) is 1.76. The normalized spacial score (nSPS) is 21.9. The zero-order valence-corrected chi connectivity index (χ0v) is 11.3. The number of cyclic esters (lactones) is 2. The molecule has 0 spiro atoms. The smallest absolute Gasteiger partial charge is 0.466 e. The van der Waals surface area contributed by atoms with Crippen LogP contribution in [0.25, 0.3) is 0 Å². The molecular weight excluding hydrogens is 264 g/mol. The Hall–Kier alpha value is -2.11. The molecule has 2 atom stereocenters. The lowest BCUT2D eigenvalue weighted by atomic mass is 10.1. The van der Waals surface area contributed by atoms with Crippen LogP contribution in [0.1, 0.15) is 26.2 Å². The van der Waals surface area contributed by atoms with E-state index in [0.717, 1.165) is 0 Å². The lowest BCUT2D eigenvalue weighted by Gasteiger charge is -2.11. The Balaban J connectivity index is 2.39. The van der Waals surface area contributed by atoms with Gasteiger partial charge in [-0.3, -0.25) is 9.59 Å². The van der Waals surface area contributed by atoms with Gasteiger partial charge in [0.2, 0.25) is 0 Å². The Morgan fingerprint density at radius 3 is 2.80 bits per heavy atom. The van der Waals surface area contributed by atoms with Gasteiger partial charge in [0, 0.05) is 6.42 Å². The number of carbonyl (C=O) groups is 3. The SMILES string of the molecule is CCOC(=O)CCC[C@@H]1OC(=O)O[C@@H]1/C=C/C=C/C=O. The number of aldehydes is 1. The predicted octanol–water partition coefficient (Wildman–Crippen LogP) is 1.94. The summed E-state index contributed by atoms with van der Waals surface area (Å²) in [6, 6.07) is 0. The molecule has 1 aliphatic rings. The van der Waals surface area contributed by atoms with Gasteiger partial charge >= 0.3 is 12.1 Å². The van der Waals surface area contributed by atoms with Gasteiger partial charge in [-0.25, -0.2) is 4.79 Å². The van der Waals surface area contributed by atoms with Crippen molar-refractivity contribution < 1.29 is 28.6 Å². The summed E-state index contributed by atoms with van der Waals surface area (Å²) < 4.78 is 14.8. The van der Waals surface area contributed by atoms with Crippen molar-refractivity contribution in [1.82, 2.24) is 0 Å². The summed E-state index contributed by atoms with van der Waals surface area (Å²) in [6.45, 7) is 2.10. The Kier molecular flexibility index (Phi) is 7.10. The van der Waals surface area contributed by atoms with Gasteiger partial charge < -0.3 is 14.2 Å². The quantitative estimate of drug-likeness (QED) is 0.293. The van der Waals surface area contributed by atoms with Gasteiger partial charge in [0.05, 0.1) is 6.61 Å². The van der Waals surface area contributed by atoms with Crippen LogP contribution >= 0.6 is 0 Å². The molecule has 0 aromatic carbocycles. The molecule has 0 N–H and O–H groups in total. The lowest BCUT2D eigenvalue weighted by Crippen LogP contribution is -2.20. The summed E-state index contributed by atoms with van der Waals surface area (Å²) in [4.78, 5) is 32.4. The second-order valence-corrected chi connectivity index (χ2v) is 4.09. The van der Waals surface area contributed by atoms with Crippen molar-refractivity contribution in [3.05, 3.63) is 24.3 Å². The predicted molar refractivity (Wildman–Crippen MR) is 70.0 cm³/mol. The molecule has 0 bridgehead atoms. The summed E-state index contributed by atoms with van der Waals surface area (Å²) in [5.41, 5.74) is 0. The molecule has 0 unspecified atom stereocenters. The Morgan fingerprint density at radius 2 is 2.10 bits per heavy atom. The number of hydrogen-bond donors (Lipinski definition) is 0. The molecule has 6 heteroatoms. The first-order valence-corrected chi connectivity index (χ1v) is 6.49. The average Bonchev–Trinajstić information content (AvgIpc) is 2.75. The molecule has 1 fully saturated rings. The van der Waals surface area contributed by atoms with Gasteiger partial charge in [-0.15, -0.1) is 0 Å². The van der Waals surface area contributed by atoms with E-state index in [4.69, 9.17) is 14.2 Å². The molecule has 1 saturated heterocycles. The van der Waals surface area contributed by atoms with Crippen LogP contribution in [0, 0.1) is 0 Å². The molecule has 1 rings (SSSR count). The molecule has 0 saturated carbocycles. The lowest BCUT2D eigenvalue weighted by molar-refractivity contribution is -0.143. The van der Waals surface area contributed by atoms with E-state index in [1.165, 1.54) is 12.2 Å². The van der Waals surface area contributed by atoms with Crippen molar-refractivity contribution in [3.63, 3.8) is 0 Å². The summed E-state index contributed by atoms with van der Waals surface area (Å²) >= 11 is 0. The fraction of sp³-hybridized carbons (Fsp3) is 0.500. The van der Waals surface area contributed by atoms with Crippen molar-refractivity contribution in [3.8, 4) is 0 Å². The largest absolute Gasteiger partial charge is 0.509 e. The molecule has 1 heterocycles. The number of hydrogen-bond acceptors (Lipinski definition) is 6. The van der Waals surface area contributed by atoms with Crippen LogP contribution in [0.3, 0.4) is 0 Å². The summed E-state index contributed by atoms with van der Waals surface area (Å²) in [5, 5.41) is 0. The van der Waals surface area contributed by atoms with Crippen LogP contribution in [-0.4, -0.2) is 37.2 Å². The molecule has 110 valence electrons. The maximum atomic E-state index is 11.2. The minimum atomic E-state index is -0.722. The van der Waals surface area contributed by atoms with E-state index in [-0.39, 0.29) is 12.4 Å². The third-order valence-corrected chi connectivity index (χ3v) is 2.62. The van der Waals surface area contributed by atoms with E-state index in [0.29, 0.717) is 25.7 Å². The van der Waals surface area contributed by atoms with Crippen LogP contribution in [0.2, 0.25) is 0 Å². The Bertz CT molecular complexity index is 398. The highest BCUT2D eigenvalue weighted by molar-refractivity contribution is 5.69. The molecule has 0 aliphatic carbocycles. The third-order valence-electron chi connectivity index (χ3n) is 2.62. The minimum Gasteiger partial charge on any atom is -0.466 e.